The zero-order valence-corrected chi connectivity index (χ0v) is 12.8. The predicted molar refractivity (Wildman–Crippen MR) is 77.8 cm³/mol. The summed E-state index contributed by atoms with van der Waals surface area (Å²) < 4.78 is 39.3. The maximum absolute atomic E-state index is 13.1. The van der Waals surface area contributed by atoms with Crippen molar-refractivity contribution in [1.82, 2.24) is 9.88 Å². The van der Waals surface area contributed by atoms with Gasteiger partial charge in [-0.3, -0.25) is 9.78 Å². The second kappa shape index (κ2) is 7.10. The summed E-state index contributed by atoms with van der Waals surface area (Å²) in [5, 5.41) is 0. The lowest BCUT2D eigenvalue weighted by atomic mass is 9.87. The normalized spacial score (nSPS) is 22.0. The van der Waals surface area contributed by atoms with E-state index < -0.39 is 23.2 Å². The lowest BCUT2D eigenvalue weighted by molar-refractivity contribution is -0.138. The SMILES string of the molecule is CCCC1[C@H](C=O)CCCN1C(=O)c1cnccc1C(F)(F)F. The lowest BCUT2D eigenvalue weighted by Crippen LogP contribution is -2.49. The maximum atomic E-state index is 13.1. The van der Waals surface area contributed by atoms with Crippen molar-refractivity contribution in [3.63, 3.8) is 0 Å². The third-order valence-electron chi connectivity index (χ3n) is 4.21. The molecule has 0 bridgehead atoms. The molecule has 0 aliphatic carbocycles. The highest BCUT2D eigenvalue weighted by atomic mass is 19.4. The van der Waals surface area contributed by atoms with Crippen molar-refractivity contribution in [2.24, 2.45) is 5.92 Å². The van der Waals surface area contributed by atoms with Gasteiger partial charge in [0.15, 0.2) is 0 Å². The number of aromatic nitrogens is 1. The van der Waals surface area contributed by atoms with Crippen molar-refractivity contribution >= 4 is 12.2 Å². The highest BCUT2D eigenvalue weighted by molar-refractivity contribution is 5.96. The molecule has 1 aromatic rings. The molecule has 2 atom stereocenters. The molecule has 2 rings (SSSR count). The van der Waals surface area contributed by atoms with E-state index in [1.54, 1.807) is 0 Å². The second-order valence-corrected chi connectivity index (χ2v) is 5.72. The minimum Gasteiger partial charge on any atom is -0.335 e. The van der Waals surface area contributed by atoms with Crippen molar-refractivity contribution in [2.75, 3.05) is 6.54 Å². The fourth-order valence-corrected chi connectivity index (χ4v) is 3.13. The van der Waals surface area contributed by atoms with Gasteiger partial charge in [0.2, 0.25) is 0 Å². The summed E-state index contributed by atoms with van der Waals surface area (Å²) in [6, 6.07) is 0.462. The van der Waals surface area contributed by atoms with Crippen LogP contribution >= 0.6 is 0 Å². The molecule has 2 heterocycles. The molecule has 23 heavy (non-hydrogen) atoms. The van der Waals surface area contributed by atoms with E-state index in [0.29, 0.717) is 25.8 Å². The molecule has 1 aliphatic rings. The Morgan fingerprint density at radius 2 is 2.22 bits per heavy atom. The highest BCUT2D eigenvalue weighted by Gasteiger charge is 2.39. The number of alkyl halides is 3. The molecular weight excluding hydrogens is 309 g/mol. The molecule has 1 amide bonds. The monoisotopic (exact) mass is 328 g/mol. The lowest BCUT2D eigenvalue weighted by Gasteiger charge is -2.39. The standard InChI is InChI=1S/C16H19F3N2O2/c1-2-4-14-11(10-22)5-3-8-21(14)15(23)12-9-20-7-6-13(12)16(17,18)19/h6-7,9-11,14H,2-5,8H2,1H3/t11-,14?/m0/s1. The summed E-state index contributed by atoms with van der Waals surface area (Å²) in [7, 11) is 0. The predicted octanol–water partition coefficient (Wildman–Crippen LogP) is 3.32. The van der Waals surface area contributed by atoms with Gasteiger partial charge in [0, 0.05) is 30.9 Å². The molecule has 0 aromatic carbocycles. The van der Waals surface area contributed by atoms with Crippen LogP contribution in [0.4, 0.5) is 13.2 Å². The fraction of sp³-hybridized carbons (Fsp3) is 0.562. The Bertz CT molecular complexity index is 575. The van der Waals surface area contributed by atoms with E-state index in [1.807, 2.05) is 6.92 Å². The van der Waals surface area contributed by atoms with Crippen molar-refractivity contribution < 1.29 is 22.8 Å². The van der Waals surface area contributed by atoms with Crippen LogP contribution in [0.1, 0.15) is 48.5 Å². The molecule has 4 nitrogen and oxygen atoms in total. The first-order valence-corrected chi connectivity index (χ1v) is 7.67. The first kappa shape index (κ1) is 17.4. The van der Waals surface area contributed by atoms with Crippen LogP contribution in [0.2, 0.25) is 0 Å². The van der Waals surface area contributed by atoms with Gasteiger partial charge in [-0.2, -0.15) is 13.2 Å². The van der Waals surface area contributed by atoms with E-state index in [2.05, 4.69) is 4.98 Å². The van der Waals surface area contributed by atoms with Gasteiger partial charge in [0.25, 0.3) is 5.91 Å². The molecule has 1 unspecified atom stereocenters. The number of aldehydes is 1. The van der Waals surface area contributed by atoms with Gasteiger partial charge in [0.1, 0.15) is 6.29 Å². The number of nitrogens with zero attached hydrogens (tertiary/aromatic N) is 2. The number of pyridine rings is 1. The van der Waals surface area contributed by atoms with Crippen molar-refractivity contribution in [3.8, 4) is 0 Å². The quantitative estimate of drug-likeness (QED) is 0.797. The Labute approximate surface area is 132 Å². The Morgan fingerprint density at radius 1 is 1.48 bits per heavy atom. The third kappa shape index (κ3) is 3.71. The van der Waals surface area contributed by atoms with Crippen LogP contribution in [0.15, 0.2) is 18.5 Å². The molecule has 126 valence electrons. The molecule has 0 N–H and O–H groups in total. The van der Waals surface area contributed by atoms with E-state index in [-0.39, 0.29) is 12.0 Å². The molecule has 1 fully saturated rings. The number of carbonyl (C=O) groups is 2. The van der Waals surface area contributed by atoms with Crippen LogP contribution in [-0.2, 0) is 11.0 Å². The molecule has 0 saturated carbocycles. The molecule has 1 saturated heterocycles. The van der Waals surface area contributed by atoms with E-state index in [9.17, 15) is 22.8 Å². The Hall–Kier alpha value is -1.92. The van der Waals surface area contributed by atoms with Crippen LogP contribution < -0.4 is 0 Å². The molecule has 0 spiro atoms. The van der Waals surface area contributed by atoms with E-state index in [1.165, 1.54) is 4.90 Å². The minimum atomic E-state index is -4.62. The number of carbonyl (C=O) groups excluding carboxylic acids is 2. The number of likely N-dealkylation sites (tertiary alicyclic amines) is 1. The minimum absolute atomic E-state index is 0.321. The van der Waals surface area contributed by atoms with Crippen LogP contribution in [-0.4, -0.2) is 34.7 Å². The van der Waals surface area contributed by atoms with Gasteiger partial charge in [0.05, 0.1) is 11.1 Å². The van der Waals surface area contributed by atoms with Gasteiger partial charge in [-0.15, -0.1) is 0 Å². The number of halogens is 3. The largest absolute Gasteiger partial charge is 0.417 e. The number of piperidine rings is 1. The van der Waals surface area contributed by atoms with Crippen molar-refractivity contribution in [1.29, 1.82) is 0 Å². The average Bonchev–Trinajstić information content (AvgIpc) is 2.54. The van der Waals surface area contributed by atoms with Gasteiger partial charge in [-0.25, -0.2) is 0 Å². The van der Waals surface area contributed by atoms with Crippen LogP contribution in [0.25, 0.3) is 0 Å². The maximum Gasteiger partial charge on any atom is 0.417 e. The van der Waals surface area contributed by atoms with E-state index in [0.717, 1.165) is 31.2 Å². The first-order valence-electron chi connectivity index (χ1n) is 7.67. The molecular formula is C16H19F3N2O2. The number of hydrogen-bond donors (Lipinski definition) is 0. The van der Waals surface area contributed by atoms with E-state index >= 15 is 0 Å². The average molecular weight is 328 g/mol. The fourth-order valence-electron chi connectivity index (χ4n) is 3.13. The topological polar surface area (TPSA) is 50.3 Å². The molecule has 0 radical (unpaired) electrons. The Balaban J connectivity index is 2.37. The summed E-state index contributed by atoms with van der Waals surface area (Å²) in [6.45, 7) is 2.28. The van der Waals surface area contributed by atoms with Crippen LogP contribution in [0.3, 0.4) is 0 Å². The first-order chi connectivity index (χ1) is 10.9. The second-order valence-electron chi connectivity index (χ2n) is 5.72. The Morgan fingerprint density at radius 3 is 2.83 bits per heavy atom. The smallest absolute Gasteiger partial charge is 0.335 e. The van der Waals surface area contributed by atoms with Crippen molar-refractivity contribution in [3.05, 3.63) is 29.6 Å². The summed E-state index contributed by atoms with van der Waals surface area (Å²) >= 11 is 0. The summed E-state index contributed by atoms with van der Waals surface area (Å²) in [5.41, 5.74) is -1.44. The number of amides is 1. The Kier molecular flexibility index (Phi) is 5.38. The zero-order valence-electron chi connectivity index (χ0n) is 12.8. The number of rotatable bonds is 4. The van der Waals surface area contributed by atoms with Gasteiger partial charge in [-0.05, 0) is 25.3 Å². The molecule has 1 aromatic heterocycles. The van der Waals surface area contributed by atoms with Crippen molar-refractivity contribution in [2.45, 2.75) is 44.8 Å². The summed E-state index contributed by atoms with van der Waals surface area (Å²) in [6.07, 6.45) is 0.788. The highest BCUT2D eigenvalue weighted by Crippen LogP contribution is 2.34. The number of hydrogen-bond acceptors (Lipinski definition) is 3. The summed E-state index contributed by atoms with van der Waals surface area (Å²) in [5.74, 6) is -1.02. The molecule has 7 heteroatoms. The zero-order chi connectivity index (χ0) is 17.0. The van der Waals surface area contributed by atoms with E-state index in [4.69, 9.17) is 0 Å². The van der Waals surface area contributed by atoms with Gasteiger partial charge in [-0.1, -0.05) is 13.3 Å². The van der Waals surface area contributed by atoms with Gasteiger partial charge < -0.3 is 9.69 Å². The van der Waals surface area contributed by atoms with Crippen LogP contribution in [0, 0.1) is 5.92 Å². The third-order valence-corrected chi connectivity index (χ3v) is 4.21. The van der Waals surface area contributed by atoms with Crippen LogP contribution in [0.5, 0.6) is 0 Å². The molecule has 1 aliphatic heterocycles. The van der Waals surface area contributed by atoms with Gasteiger partial charge >= 0.3 is 6.18 Å². The summed E-state index contributed by atoms with van der Waals surface area (Å²) in [4.78, 5) is 29.0.